The molecule has 0 spiro atoms. The Hall–Kier alpha value is -2.66. The molecular formula is C16H13ClN4O. The standard InChI is InChI=1S/C16H13ClN4O/c17-15-3-1-2-14(8-15)10-22-16-6-4-13(5-7-16)9-20-21-11-18-19-12-21/h1-9,11-12H,10H2. The predicted molar refractivity (Wildman–Crippen MR) is 85.2 cm³/mol. The van der Waals surface area contributed by atoms with Crippen LogP contribution in [0.3, 0.4) is 0 Å². The average molecular weight is 313 g/mol. The van der Waals surface area contributed by atoms with Gasteiger partial charge < -0.3 is 4.74 Å². The molecule has 0 N–H and O–H groups in total. The smallest absolute Gasteiger partial charge is 0.141 e. The first-order valence-electron chi connectivity index (χ1n) is 6.66. The molecule has 1 heterocycles. The number of ether oxygens (including phenoxy) is 1. The van der Waals surface area contributed by atoms with E-state index in [1.54, 1.807) is 6.21 Å². The number of nitrogens with zero attached hydrogens (tertiary/aromatic N) is 4. The van der Waals surface area contributed by atoms with Gasteiger partial charge in [-0.2, -0.15) is 5.10 Å². The highest BCUT2D eigenvalue weighted by atomic mass is 35.5. The summed E-state index contributed by atoms with van der Waals surface area (Å²) in [6.45, 7) is 0.481. The van der Waals surface area contributed by atoms with Crippen LogP contribution in [0.4, 0.5) is 0 Å². The number of hydrogen-bond donors (Lipinski definition) is 0. The Bertz CT molecular complexity index is 754. The molecule has 3 rings (SSSR count). The Morgan fingerprint density at radius 1 is 1.09 bits per heavy atom. The highest BCUT2D eigenvalue weighted by Crippen LogP contribution is 2.15. The zero-order valence-corrected chi connectivity index (χ0v) is 12.4. The van der Waals surface area contributed by atoms with Gasteiger partial charge in [-0.05, 0) is 47.5 Å². The third-order valence-electron chi connectivity index (χ3n) is 2.92. The third-order valence-corrected chi connectivity index (χ3v) is 3.16. The van der Waals surface area contributed by atoms with Crippen LogP contribution in [-0.4, -0.2) is 21.1 Å². The minimum atomic E-state index is 0.481. The quantitative estimate of drug-likeness (QED) is 0.679. The molecule has 0 atom stereocenters. The van der Waals surface area contributed by atoms with Crippen molar-refractivity contribution >= 4 is 17.8 Å². The molecule has 0 aliphatic heterocycles. The number of halogens is 1. The van der Waals surface area contributed by atoms with E-state index in [2.05, 4.69) is 15.3 Å². The molecule has 0 fully saturated rings. The van der Waals surface area contributed by atoms with Gasteiger partial charge in [0, 0.05) is 5.02 Å². The molecule has 3 aromatic rings. The second-order valence-corrected chi connectivity index (χ2v) is 5.01. The Balaban J connectivity index is 1.59. The maximum atomic E-state index is 5.94. The molecule has 110 valence electrons. The molecule has 0 unspecified atom stereocenters. The zero-order chi connectivity index (χ0) is 15.2. The number of benzene rings is 2. The van der Waals surface area contributed by atoms with Crippen LogP contribution in [0.1, 0.15) is 11.1 Å². The summed E-state index contributed by atoms with van der Waals surface area (Å²) in [4.78, 5) is 0. The lowest BCUT2D eigenvalue weighted by molar-refractivity contribution is 0.306. The Kier molecular flexibility index (Phi) is 4.46. The topological polar surface area (TPSA) is 52.3 Å². The molecule has 5 nitrogen and oxygen atoms in total. The maximum absolute atomic E-state index is 5.94. The second-order valence-electron chi connectivity index (χ2n) is 4.57. The Morgan fingerprint density at radius 3 is 2.59 bits per heavy atom. The van der Waals surface area contributed by atoms with E-state index in [1.165, 1.54) is 17.3 Å². The summed E-state index contributed by atoms with van der Waals surface area (Å²) in [5.74, 6) is 0.793. The largest absolute Gasteiger partial charge is 0.489 e. The fourth-order valence-corrected chi connectivity index (χ4v) is 2.04. The molecule has 0 amide bonds. The molecule has 0 bridgehead atoms. The fourth-order valence-electron chi connectivity index (χ4n) is 1.83. The van der Waals surface area contributed by atoms with Crippen LogP contribution >= 0.6 is 11.6 Å². The van der Waals surface area contributed by atoms with Gasteiger partial charge in [-0.3, -0.25) is 0 Å². The van der Waals surface area contributed by atoms with Crippen LogP contribution in [0.5, 0.6) is 5.75 Å². The summed E-state index contributed by atoms with van der Waals surface area (Å²) < 4.78 is 7.26. The lowest BCUT2D eigenvalue weighted by Crippen LogP contribution is -1.95. The average Bonchev–Trinajstić information content (AvgIpc) is 3.05. The van der Waals surface area contributed by atoms with Gasteiger partial charge in [0.05, 0.1) is 6.21 Å². The van der Waals surface area contributed by atoms with Crippen molar-refractivity contribution in [1.29, 1.82) is 0 Å². The molecule has 0 radical (unpaired) electrons. The SMILES string of the molecule is Clc1cccc(COc2ccc(C=Nn3cnnc3)cc2)c1. The van der Waals surface area contributed by atoms with Crippen LogP contribution < -0.4 is 4.74 Å². The normalized spacial score (nSPS) is 11.0. The third kappa shape index (κ3) is 3.93. The fraction of sp³-hybridized carbons (Fsp3) is 0.0625. The van der Waals surface area contributed by atoms with Crippen LogP contribution in [0.25, 0.3) is 0 Å². The van der Waals surface area contributed by atoms with E-state index in [0.717, 1.165) is 16.9 Å². The van der Waals surface area contributed by atoms with E-state index in [4.69, 9.17) is 16.3 Å². The molecular weight excluding hydrogens is 300 g/mol. The monoisotopic (exact) mass is 312 g/mol. The first-order valence-corrected chi connectivity index (χ1v) is 7.04. The Labute approximate surface area is 132 Å². The highest BCUT2D eigenvalue weighted by molar-refractivity contribution is 6.30. The minimum absolute atomic E-state index is 0.481. The summed E-state index contributed by atoms with van der Waals surface area (Å²) in [6, 6.07) is 15.3. The van der Waals surface area contributed by atoms with Crippen molar-refractivity contribution in [3.8, 4) is 5.75 Å². The van der Waals surface area contributed by atoms with Crippen molar-refractivity contribution in [2.24, 2.45) is 5.10 Å². The van der Waals surface area contributed by atoms with Crippen LogP contribution in [0.2, 0.25) is 5.02 Å². The van der Waals surface area contributed by atoms with E-state index in [0.29, 0.717) is 11.6 Å². The number of aromatic nitrogens is 3. The van der Waals surface area contributed by atoms with Crippen LogP contribution in [-0.2, 0) is 6.61 Å². The van der Waals surface area contributed by atoms with Crippen LogP contribution in [0, 0.1) is 0 Å². The first kappa shape index (κ1) is 14.3. The lowest BCUT2D eigenvalue weighted by atomic mass is 10.2. The van der Waals surface area contributed by atoms with Gasteiger partial charge in [-0.1, -0.05) is 23.7 Å². The summed E-state index contributed by atoms with van der Waals surface area (Å²) in [5.41, 5.74) is 1.99. The van der Waals surface area contributed by atoms with Gasteiger partial charge in [0.2, 0.25) is 0 Å². The zero-order valence-electron chi connectivity index (χ0n) is 11.6. The summed E-state index contributed by atoms with van der Waals surface area (Å²) in [5, 5.41) is 12.2. The molecule has 6 heteroatoms. The maximum Gasteiger partial charge on any atom is 0.141 e. The molecule has 1 aromatic heterocycles. The molecule has 0 saturated heterocycles. The van der Waals surface area contributed by atoms with E-state index >= 15 is 0 Å². The number of hydrogen-bond acceptors (Lipinski definition) is 4. The van der Waals surface area contributed by atoms with Gasteiger partial charge in [0.15, 0.2) is 0 Å². The van der Waals surface area contributed by atoms with Gasteiger partial charge in [0.25, 0.3) is 0 Å². The number of rotatable bonds is 5. The van der Waals surface area contributed by atoms with E-state index in [1.807, 2.05) is 48.5 Å². The predicted octanol–water partition coefficient (Wildman–Crippen LogP) is 3.39. The molecule has 22 heavy (non-hydrogen) atoms. The Morgan fingerprint density at radius 2 is 1.86 bits per heavy atom. The van der Waals surface area contributed by atoms with Gasteiger partial charge in [-0.15, -0.1) is 10.2 Å². The van der Waals surface area contributed by atoms with Crippen LogP contribution in [0.15, 0.2) is 66.3 Å². The molecule has 0 aliphatic rings. The molecule has 0 aliphatic carbocycles. The van der Waals surface area contributed by atoms with Crippen molar-refractivity contribution in [3.63, 3.8) is 0 Å². The van der Waals surface area contributed by atoms with Crippen molar-refractivity contribution in [2.75, 3.05) is 0 Å². The highest BCUT2D eigenvalue weighted by Gasteiger charge is 1.97. The van der Waals surface area contributed by atoms with E-state index < -0.39 is 0 Å². The molecule has 2 aromatic carbocycles. The summed E-state index contributed by atoms with van der Waals surface area (Å²) >= 11 is 5.94. The second kappa shape index (κ2) is 6.87. The molecule has 0 saturated carbocycles. The van der Waals surface area contributed by atoms with E-state index in [9.17, 15) is 0 Å². The van der Waals surface area contributed by atoms with Crippen molar-refractivity contribution in [2.45, 2.75) is 6.61 Å². The summed E-state index contributed by atoms with van der Waals surface area (Å²) in [7, 11) is 0. The van der Waals surface area contributed by atoms with Gasteiger partial charge in [-0.25, -0.2) is 4.68 Å². The van der Waals surface area contributed by atoms with Crippen molar-refractivity contribution in [3.05, 3.63) is 77.3 Å². The minimum Gasteiger partial charge on any atom is -0.489 e. The lowest BCUT2D eigenvalue weighted by Gasteiger charge is -2.06. The van der Waals surface area contributed by atoms with Gasteiger partial charge >= 0.3 is 0 Å². The summed E-state index contributed by atoms with van der Waals surface area (Å²) in [6.07, 6.45) is 4.78. The van der Waals surface area contributed by atoms with E-state index in [-0.39, 0.29) is 0 Å². The first-order chi connectivity index (χ1) is 10.8. The van der Waals surface area contributed by atoms with Crippen molar-refractivity contribution in [1.82, 2.24) is 14.9 Å². The van der Waals surface area contributed by atoms with Crippen molar-refractivity contribution < 1.29 is 4.74 Å². The van der Waals surface area contributed by atoms with Gasteiger partial charge in [0.1, 0.15) is 25.0 Å².